The van der Waals surface area contributed by atoms with E-state index in [1.54, 1.807) is 26.2 Å². The smallest absolute Gasteiger partial charge is 0.265 e. The van der Waals surface area contributed by atoms with Gasteiger partial charge in [-0.25, -0.2) is 5.01 Å². The van der Waals surface area contributed by atoms with Crippen LogP contribution in [0.5, 0.6) is 5.75 Å². The second-order valence-corrected chi connectivity index (χ2v) is 3.97. The number of carbonyl (C=O) groups is 1. The van der Waals surface area contributed by atoms with Crippen LogP contribution in [-0.2, 0) is 0 Å². The fraction of sp³-hybridized carbons (Fsp3) is 0.417. The van der Waals surface area contributed by atoms with Gasteiger partial charge in [-0.2, -0.15) is 0 Å². The maximum absolute atomic E-state index is 11.8. The highest BCUT2D eigenvalue weighted by molar-refractivity contribution is 5.95. The Morgan fingerprint density at radius 3 is 2.38 bits per heavy atom. The van der Waals surface area contributed by atoms with Gasteiger partial charge in [-0.05, 0) is 37.1 Å². The molecule has 1 amide bonds. The van der Waals surface area contributed by atoms with Gasteiger partial charge < -0.3 is 4.74 Å². The molecule has 0 aliphatic rings. The quantitative estimate of drug-likeness (QED) is 0.788. The molecule has 88 valence electrons. The Balaban J connectivity index is 3.06. The van der Waals surface area contributed by atoms with Crippen molar-refractivity contribution in [2.75, 3.05) is 21.2 Å². The van der Waals surface area contributed by atoms with Crippen LogP contribution in [0.25, 0.3) is 0 Å². The number of hydrazine groups is 1. The van der Waals surface area contributed by atoms with Crippen LogP contribution in [0.15, 0.2) is 12.1 Å². The van der Waals surface area contributed by atoms with Gasteiger partial charge in [0.05, 0.1) is 7.11 Å². The van der Waals surface area contributed by atoms with E-state index in [0.29, 0.717) is 5.56 Å². The van der Waals surface area contributed by atoms with Gasteiger partial charge in [0, 0.05) is 19.7 Å². The summed E-state index contributed by atoms with van der Waals surface area (Å²) in [5, 5.41) is 1.63. The summed E-state index contributed by atoms with van der Waals surface area (Å²) < 4.78 is 5.20. The van der Waals surface area contributed by atoms with Crippen LogP contribution >= 0.6 is 0 Å². The number of nitrogens with zero attached hydrogens (tertiary/aromatic N) is 1. The Hall–Kier alpha value is -1.55. The van der Waals surface area contributed by atoms with Crippen LogP contribution < -0.4 is 10.2 Å². The van der Waals surface area contributed by atoms with E-state index in [4.69, 9.17) is 4.74 Å². The molecule has 0 bridgehead atoms. The van der Waals surface area contributed by atoms with E-state index < -0.39 is 0 Å². The van der Waals surface area contributed by atoms with Gasteiger partial charge in [0.15, 0.2) is 0 Å². The summed E-state index contributed by atoms with van der Waals surface area (Å²) in [6.07, 6.45) is 0. The molecule has 0 aliphatic carbocycles. The third-order valence-corrected chi connectivity index (χ3v) is 2.31. The number of methoxy groups -OCH3 is 1. The van der Waals surface area contributed by atoms with Gasteiger partial charge in [0.1, 0.15) is 5.75 Å². The van der Waals surface area contributed by atoms with Crippen LogP contribution in [-0.4, -0.2) is 32.1 Å². The number of ether oxygens (including phenoxy) is 1. The SMILES string of the molecule is COc1cc(C)c(C(=O)NN(C)C)cc1C. The lowest BCUT2D eigenvalue weighted by Gasteiger charge is -2.15. The van der Waals surface area contributed by atoms with Crippen LogP contribution in [0.3, 0.4) is 0 Å². The van der Waals surface area contributed by atoms with Crippen molar-refractivity contribution in [3.8, 4) is 5.75 Å². The lowest BCUT2D eigenvalue weighted by atomic mass is 10.0. The van der Waals surface area contributed by atoms with Crippen molar-refractivity contribution in [1.82, 2.24) is 10.4 Å². The number of nitrogens with one attached hydrogen (secondary N) is 1. The molecule has 4 heteroatoms. The van der Waals surface area contributed by atoms with Crippen molar-refractivity contribution in [1.29, 1.82) is 0 Å². The molecule has 0 aromatic heterocycles. The zero-order valence-corrected chi connectivity index (χ0v) is 10.4. The third-order valence-electron chi connectivity index (χ3n) is 2.31. The largest absolute Gasteiger partial charge is 0.496 e. The standard InChI is InChI=1S/C12H18N2O2/c1-8-7-11(16-5)9(2)6-10(8)12(15)13-14(3)4/h6-7H,1-5H3,(H,13,15). The molecule has 0 atom stereocenters. The van der Waals surface area contributed by atoms with Gasteiger partial charge in [-0.3, -0.25) is 10.2 Å². The van der Waals surface area contributed by atoms with E-state index in [0.717, 1.165) is 16.9 Å². The van der Waals surface area contributed by atoms with Crippen molar-refractivity contribution in [3.63, 3.8) is 0 Å². The van der Waals surface area contributed by atoms with Crippen LogP contribution in [0, 0.1) is 13.8 Å². The summed E-state index contributed by atoms with van der Waals surface area (Å²) in [6, 6.07) is 3.72. The molecule has 0 spiro atoms. The molecular weight excluding hydrogens is 204 g/mol. The monoisotopic (exact) mass is 222 g/mol. The molecule has 1 aromatic carbocycles. The van der Waals surface area contributed by atoms with Crippen LogP contribution in [0.4, 0.5) is 0 Å². The molecule has 1 aromatic rings. The summed E-state index contributed by atoms with van der Waals surface area (Å²) in [4.78, 5) is 11.8. The summed E-state index contributed by atoms with van der Waals surface area (Å²) >= 11 is 0. The minimum Gasteiger partial charge on any atom is -0.496 e. The Morgan fingerprint density at radius 1 is 1.25 bits per heavy atom. The van der Waals surface area contributed by atoms with Crippen molar-refractivity contribution in [2.45, 2.75) is 13.8 Å². The molecule has 0 radical (unpaired) electrons. The molecule has 1 rings (SSSR count). The van der Waals surface area contributed by atoms with E-state index in [2.05, 4.69) is 5.43 Å². The van der Waals surface area contributed by atoms with Crippen molar-refractivity contribution in [2.24, 2.45) is 0 Å². The first-order valence-electron chi connectivity index (χ1n) is 5.09. The van der Waals surface area contributed by atoms with Crippen LogP contribution in [0.2, 0.25) is 0 Å². The summed E-state index contributed by atoms with van der Waals surface area (Å²) in [7, 11) is 5.19. The Morgan fingerprint density at radius 2 is 1.88 bits per heavy atom. The normalized spacial score (nSPS) is 10.4. The maximum Gasteiger partial charge on any atom is 0.265 e. The predicted octanol–water partition coefficient (Wildman–Crippen LogP) is 1.52. The highest BCUT2D eigenvalue weighted by Crippen LogP contribution is 2.22. The Bertz CT molecular complexity index is 400. The number of hydrogen-bond acceptors (Lipinski definition) is 3. The van der Waals surface area contributed by atoms with E-state index in [-0.39, 0.29) is 5.91 Å². The minimum absolute atomic E-state index is 0.103. The molecular formula is C12H18N2O2. The van der Waals surface area contributed by atoms with Gasteiger partial charge in [-0.1, -0.05) is 0 Å². The first kappa shape index (κ1) is 12.5. The molecule has 0 aliphatic heterocycles. The fourth-order valence-electron chi connectivity index (χ4n) is 1.52. The number of carbonyl (C=O) groups excluding carboxylic acids is 1. The number of amides is 1. The van der Waals surface area contributed by atoms with E-state index in [9.17, 15) is 4.79 Å². The highest BCUT2D eigenvalue weighted by Gasteiger charge is 2.12. The van der Waals surface area contributed by atoms with E-state index in [1.165, 1.54) is 0 Å². The molecule has 0 fully saturated rings. The topological polar surface area (TPSA) is 41.6 Å². The number of benzene rings is 1. The summed E-state index contributed by atoms with van der Waals surface area (Å²) in [5.74, 6) is 0.701. The molecule has 1 N–H and O–H groups in total. The van der Waals surface area contributed by atoms with Crippen molar-refractivity contribution in [3.05, 3.63) is 28.8 Å². The zero-order chi connectivity index (χ0) is 12.3. The molecule has 0 heterocycles. The second-order valence-electron chi connectivity index (χ2n) is 3.97. The molecule has 0 saturated carbocycles. The first-order valence-corrected chi connectivity index (χ1v) is 5.09. The molecule has 0 unspecified atom stereocenters. The third kappa shape index (κ3) is 2.73. The molecule has 4 nitrogen and oxygen atoms in total. The lowest BCUT2D eigenvalue weighted by molar-refractivity contribution is 0.0856. The van der Waals surface area contributed by atoms with E-state index in [1.807, 2.05) is 26.0 Å². The Kier molecular flexibility index (Phi) is 3.90. The highest BCUT2D eigenvalue weighted by atomic mass is 16.5. The fourth-order valence-corrected chi connectivity index (χ4v) is 1.52. The van der Waals surface area contributed by atoms with Crippen molar-refractivity contribution >= 4 is 5.91 Å². The average Bonchev–Trinajstić information content (AvgIpc) is 2.19. The lowest BCUT2D eigenvalue weighted by Crippen LogP contribution is -2.36. The summed E-state index contributed by atoms with van der Waals surface area (Å²) in [6.45, 7) is 3.82. The van der Waals surface area contributed by atoms with Gasteiger partial charge in [-0.15, -0.1) is 0 Å². The summed E-state index contributed by atoms with van der Waals surface area (Å²) in [5.41, 5.74) is 5.25. The molecule has 0 saturated heterocycles. The molecule has 16 heavy (non-hydrogen) atoms. The number of rotatable bonds is 3. The average molecular weight is 222 g/mol. The maximum atomic E-state index is 11.8. The van der Waals surface area contributed by atoms with Gasteiger partial charge >= 0.3 is 0 Å². The zero-order valence-electron chi connectivity index (χ0n) is 10.4. The van der Waals surface area contributed by atoms with E-state index >= 15 is 0 Å². The van der Waals surface area contributed by atoms with Gasteiger partial charge in [0.25, 0.3) is 5.91 Å². The first-order chi connectivity index (χ1) is 7.45. The second kappa shape index (κ2) is 4.99. The number of hydrogen-bond donors (Lipinski definition) is 1. The number of aryl methyl sites for hydroxylation is 2. The van der Waals surface area contributed by atoms with Crippen LogP contribution in [0.1, 0.15) is 21.5 Å². The predicted molar refractivity (Wildman–Crippen MR) is 63.6 cm³/mol. The minimum atomic E-state index is -0.103. The van der Waals surface area contributed by atoms with Crippen molar-refractivity contribution < 1.29 is 9.53 Å². The van der Waals surface area contributed by atoms with Gasteiger partial charge in [0.2, 0.25) is 0 Å². The Labute approximate surface area is 96.2 Å².